The number of fused-ring (bicyclic) bond motifs is 1. The molecule has 0 saturated heterocycles. The minimum atomic E-state index is -4.41. The fraction of sp³-hybridized carbons (Fsp3) is 0.409. The van der Waals surface area contributed by atoms with Gasteiger partial charge in [0.1, 0.15) is 0 Å². The molecule has 142 valence electrons. The lowest BCUT2D eigenvalue weighted by Crippen LogP contribution is -2.38. The molecule has 27 heavy (non-hydrogen) atoms. The Morgan fingerprint density at radius 2 is 1.70 bits per heavy atom. The van der Waals surface area contributed by atoms with Crippen molar-refractivity contribution in [2.45, 2.75) is 56.8 Å². The van der Waals surface area contributed by atoms with Gasteiger partial charge < -0.3 is 4.90 Å². The van der Waals surface area contributed by atoms with Crippen molar-refractivity contribution < 1.29 is 18.0 Å². The van der Waals surface area contributed by atoms with Crippen LogP contribution in [0.2, 0.25) is 0 Å². The second kappa shape index (κ2) is 7.02. The van der Waals surface area contributed by atoms with Gasteiger partial charge in [0, 0.05) is 12.6 Å². The molecule has 0 heterocycles. The number of alkyl halides is 3. The molecule has 0 spiro atoms. The smallest absolute Gasteiger partial charge is 0.335 e. The molecule has 5 heteroatoms. The van der Waals surface area contributed by atoms with Gasteiger partial charge >= 0.3 is 6.18 Å². The maximum Gasteiger partial charge on any atom is 0.416 e. The van der Waals surface area contributed by atoms with Gasteiger partial charge in [0.2, 0.25) is 5.91 Å². The van der Waals surface area contributed by atoms with Gasteiger partial charge in [-0.25, -0.2) is 0 Å². The van der Waals surface area contributed by atoms with E-state index in [1.807, 2.05) is 18.2 Å². The van der Waals surface area contributed by atoms with Crippen molar-refractivity contribution in [3.05, 3.63) is 70.8 Å². The normalized spacial score (nSPS) is 19.4. The highest BCUT2D eigenvalue weighted by molar-refractivity contribution is 5.85. The molecule has 0 bridgehead atoms. The average Bonchev–Trinajstić information content (AvgIpc) is 3.50. The van der Waals surface area contributed by atoms with E-state index in [1.54, 1.807) is 11.0 Å². The summed E-state index contributed by atoms with van der Waals surface area (Å²) in [6.07, 6.45) is -0.0137. The van der Waals surface area contributed by atoms with E-state index in [9.17, 15) is 18.0 Å². The first-order chi connectivity index (χ1) is 12.9. The highest BCUT2D eigenvalue weighted by Crippen LogP contribution is 2.39. The molecule has 2 aliphatic carbocycles. The van der Waals surface area contributed by atoms with Gasteiger partial charge in [0.25, 0.3) is 0 Å². The molecule has 0 N–H and O–H groups in total. The lowest BCUT2D eigenvalue weighted by Gasteiger charge is -2.31. The van der Waals surface area contributed by atoms with Crippen LogP contribution in [0.1, 0.15) is 53.9 Å². The molecule has 1 fully saturated rings. The van der Waals surface area contributed by atoms with Crippen LogP contribution in [0.4, 0.5) is 13.2 Å². The summed E-state index contributed by atoms with van der Waals surface area (Å²) < 4.78 is 40.1. The molecule has 0 aromatic heterocycles. The molecule has 2 aromatic carbocycles. The first-order valence-electron chi connectivity index (χ1n) is 9.48. The number of hydrogen-bond donors (Lipinski definition) is 0. The van der Waals surface area contributed by atoms with Gasteiger partial charge in [0.05, 0.1) is 11.5 Å². The number of halogens is 3. The molecule has 2 aromatic rings. The largest absolute Gasteiger partial charge is 0.416 e. The van der Waals surface area contributed by atoms with Crippen molar-refractivity contribution in [1.29, 1.82) is 0 Å². The minimum absolute atomic E-state index is 0.0256. The summed E-state index contributed by atoms with van der Waals surface area (Å²) >= 11 is 0. The number of nitrogens with zero attached hydrogens (tertiary/aromatic N) is 1. The molecule has 1 atom stereocenters. The summed E-state index contributed by atoms with van der Waals surface area (Å²) in [7, 11) is 0. The first kappa shape index (κ1) is 18.1. The number of aryl methyl sites for hydroxylation is 1. The van der Waals surface area contributed by atoms with Crippen LogP contribution in [0.25, 0.3) is 0 Å². The molecule has 0 unspecified atom stereocenters. The standard InChI is InChI=1S/C22H22F3NO/c23-22(24,25)20-11-4-2-7-16(20)14-26(17-12-13-17)21(27)19-10-5-8-15-6-1-3-9-18(15)19/h1-4,6-7,9,11,17,19H,5,8,10,12-14H2/t19-/m0/s1. The van der Waals surface area contributed by atoms with Crippen LogP contribution in [0.5, 0.6) is 0 Å². The zero-order chi connectivity index (χ0) is 19.0. The summed E-state index contributed by atoms with van der Waals surface area (Å²) in [5.74, 6) is -0.268. The van der Waals surface area contributed by atoms with E-state index in [-0.39, 0.29) is 30.0 Å². The Kier molecular flexibility index (Phi) is 4.70. The number of benzene rings is 2. The van der Waals surface area contributed by atoms with Crippen LogP contribution < -0.4 is 0 Å². The van der Waals surface area contributed by atoms with Gasteiger partial charge in [-0.05, 0) is 54.9 Å². The lowest BCUT2D eigenvalue weighted by atomic mass is 9.82. The second-order valence-electron chi connectivity index (χ2n) is 7.50. The Balaban J connectivity index is 1.63. The molecule has 0 radical (unpaired) electrons. The fourth-order valence-electron chi connectivity index (χ4n) is 4.10. The van der Waals surface area contributed by atoms with Crippen LogP contribution in [0.3, 0.4) is 0 Å². The second-order valence-corrected chi connectivity index (χ2v) is 7.50. The van der Waals surface area contributed by atoms with Gasteiger partial charge in [-0.1, -0.05) is 42.5 Å². The average molecular weight is 373 g/mol. The fourth-order valence-corrected chi connectivity index (χ4v) is 4.10. The van der Waals surface area contributed by atoms with Gasteiger partial charge in [-0.3, -0.25) is 4.79 Å². The van der Waals surface area contributed by atoms with E-state index in [1.165, 1.54) is 17.7 Å². The molecule has 1 amide bonds. The van der Waals surface area contributed by atoms with E-state index in [4.69, 9.17) is 0 Å². The van der Waals surface area contributed by atoms with Crippen molar-refractivity contribution in [2.24, 2.45) is 0 Å². The third kappa shape index (κ3) is 3.73. The quantitative estimate of drug-likeness (QED) is 0.711. The SMILES string of the molecule is O=C([C@H]1CCCc2ccccc21)N(Cc1ccccc1C(F)(F)F)C1CC1. The predicted molar refractivity (Wildman–Crippen MR) is 97.1 cm³/mol. The summed E-state index contributed by atoms with van der Waals surface area (Å²) in [5, 5.41) is 0. The Hall–Kier alpha value is -2.30. The number of hydrogen-bond acceptors (Lipinski definition) is 1. The Bertz CT molecular complexity index is 841. The Labute approximate surface area is 157 Å². The zero-order valence-corrected chi connectivity index (χ0v) is 15.0. The maximum atomic E-state index is 13.4. The molecule has 0 aliphatic heterocycles. The summed E-state index contributed by atoms with van der Waals surface area (Å²) in [6, 6.07) is 13.6. The van der Waals surface area contributed by atoms with Gasteiger partial charge in [-0.2, -0.15) is 13.2 Å². The highest BCUT2D eigenvalue weighted by Gasteiger charge is 2.39. The van der Waals surface area contributed by atoms with Crippen molar-refractivity contribution in [2.75, 3.05) is 0 Å². The summed E-state index contributed by atoms with van der Waals surface area (Å²) in [4.78, 5) is 15.0. The van der Waals surface area contributed by atoms with Crippen molar-refractivity contribution in [3.63, 3.8) is 0 Å². The Morgan fingerprint density at radius 1 is 1.00 bits per heavy atom. The van der Waals surface area contributed by atoms with Crippen LogP contribution in [0, 0.1) is 0 Å². The third-order valence-corrected chi connectivity index (χ3v) is 5.60. The van der Waals surface area contributed by atoms with Crippen molar-refractivity contribution >= 4 is 5.91 Å². The van der Waals surface area contributed by atoms with E-state index in [0.717, 1.165) is 43.7 Å². The lowest BCUT2D eigenvalue weighted by molar-refractivity contribution is -0.140. The maximum absolute atomic E-state index is 13.4. The molecular formula is C22H22F3NO. The van der Waals surface area contributed by atoms with E-state index in [0.29, 0.717) is 0 Å². The van der Waals surface area contributed by atoms with Crippen LogP contribution in [-0.2, 0) is 23.9 Å². The highest BCUT2D eigenvalue weighted by atomic mass is 19.4. The monoisotopic (exact) mass is 373 g/mol. The van der Waals surface area contributed by atoms with E-state index < -0.39 is 11.7 Å². The van der Waals surface area contributed by atoms with Crippen LogP contribution in [0.15, 0.2) is 48.5 Å². The molecular weight excluding hydrogens is 351 g/mol. The number of carbonyl (C=O) groups excluding carboxylic acids is 1. The zero-order valence-electron chi connectivity index (χ0n) is 15.0. The molecule has 1 saturated carbocycles. The van der Waals surface area contributed by atoms with Crippen LogP contribution >= 0.6 is 0 Å². The molecule has 2 nitrogen and oxygen atoms in total. The van der Waals surface area contributed by atoms with E-state index in [2.05, 4.69) is 6.07 Å². The third-order valence-electron chi connectivity index (χ3n) is 5.60. The summed E-state index contributed by atoms with van der Waals surface area (Å²) in [6.45, 7) is 0.0256. The van der Waals surface area contributed by atoms with Crippen molar-refractivity contribution in [3.8, 4) is 0 Å². The minimum Gasteiger partial charge on any atom is -0.335 e. The number of rotatable bonds is 4. The van der Waals surface area contributed by atoms with Gasteiger partial charge in [0.15, 0.2) is 0 Å². The number of carbonyl (C=O) groups is 1. The molecule has 2 aliphatic rings. The Morgan fingerprint density at radius 3 is 2.44 bits per heavy atom. The van der Waals surface area contributed by atoms with Crippen LogP contribution in [-0.4, -0.2) is 16.8 Å². The van der Waals surface area contributed by atoms with Gasteiger partial charge in [-0.15, -0.1) is 0 Å². The topological polar surface area (TPSA) is 20.3 Å². The van der Waals surface area contributed by atoms with Crippen molar-refractivity contribution in [1.82, 2.24) is 4.90 Å². The van der Waals surface area contributed by atoms with E-state index >= 15 is 0 Å². The molecule has 4 rings (SSSR count). The summed E-state index contributed by atoms with van der Waals surface area (Å²) in [5.41, 5.74) is 1.76. The predicted octanol–water partition coefficient (Wildman–Crippen LogP) is 5.32. The first-order valence-corrected chi connectivity index (χ1v) is 9.48. The number of amides is 1.